The van der Waals surface area contributed by atoms with Crippen molar-refractivity contribution in [2.24, 2.45) is 0 Å². The third-order valence-corrected chi connectivity index (χ3v) is 4.10. The van der Waals surface area contributed by atoms with E-state index in [-0.39, 0.29) is 5.56 Å². The molecular formula is C17H15BrN2O2. The fourth-order valence-electron chi connectivity index (χ4n) is 2.48. The van der Waals surface area contributed by atoms with Crippen molar-refractivity contribution in [1.29, 1.82) is 0 Å². The molecule has 0 aliphatic heterocycles. The third kappa shape index (κ3) is 2.90. The first-order valence-electron chi connectivity index (χ1n) is 6.93. The van der Waals surface area contributed by atoms with Gasteiger partial charge in [-0.05, 0) is 37.6 Å². The summed E-state index contributed by atoms with van der Waals surface area (Å²) in [5.74, 6) is 0.756. The Labute approximate surface area is 136 Å². The van der Waals surface area contributed by atoms with Crippen LogP contribution in [-0.4, -0.2) is 9.72 Å². The first kappa shape index (κ1) is 14.8. The van der Waals surface area contributed by atoms with Gasteiger partial charge in [0.05, 0.1) is 12.2 Å². The number of hydrogen-bond acceptors (Lipinski definition) is 3. The van der Waals surface area contributed by atoms with Crippen LogP contribution in [0.15, 0.2) is 56.4 Å². The summed E-state index contributed by atoms with van der Waals surface area (Å²) in [6, 6.07) is 11.3. The molecule has 112 valence electrons. The predicted molar refractivity (Wildman–Crippen MR) is 88.9 cm³/mol. The van der Waals surface area contributed by atoms with Crippen LogP contribution in [0.3, 0.4) is 0 Å². The number of benzene rings is 1. The van der Waals surface area contributed by atoms with Gasteiger partial charge >= 0.3 is 0 Å². The topological polar surface area (TPSA) is 48.0 Å². The molecule has 0 saturated heterocycles. The Kier molecular flexibility index (Phi) is 3.98. The van der Waals surface area contributed by atoms with Gasteiger partial charge in [-0.25, -0.2) is 0 Å². The molecule has 0 N–H and O–H groups in total. The molecule has 0 radical (unpaired) electrons. The van der Waals surface area contributed by atoms with Gasteiger partial charge in [0.15, 0.2) is 0 Å². The summed E-state index contributed by atoms with van der Waals surface area (Å²) >= 11 is 3.41. The zero-order valence-electron chi connectivity index (χ0n) is 12.3. The lowest BCUT2D eigenvalue weighted by Crippen LogP contribution is -2.19. The monoisotopic (exact) mass is 358 g/mol. The second-order valence-corrected chi connectivity index (χ2v) is 6.13. The molecule has 22 heavy (non-hydrogen) atoms. The number of aryl methyl sites for hydroxylation is 2. The van der Waals surface area contributed by atoms with Crippen LogP contribution >= 0.6 is 15.9 Å². The van der Waals surface area contributed by atoms with Crippen molar-refractivity contribution in [1.82, 2.24) is 9.72 Å². The Morgan fingerprint density at radius 2 is 1.86 bits per heavy atom. The fraction of sp³-hybridized carbons (Fsp3) is 0.176. The standard InChI is InChI=1S/C17H15BrN2O2/c1-11-17(12(2)22-19-11)14-5-8-16(21)20(10-14)9-13-3-6-15(18)7-4-13/h3-8,10H,9H2,1-2H3. The first-order chi connectivity index (χ1) is 10.5. The molecule has 0 spiro atoms. The molecule has 1 aromatic carbocycles. The number of pyridine rings is 1. The Balaban J connectivity index is 2.00. The summed E-state index contributed by atoms with van der Waals surface area (Å²) < 4.78 is 7.93. The molecule has 3 aromatic rings. The quantitative estimate of drug-likeness (QED) is 0.712. The Morgan fingerprint density at radius 1 is 1.14 bits per heavy atom. The molecule has 3 rings (SSSR count). The van der Waals surface area contributed by atoms with E-state index in [0.29, 0.717) is 6.54 Å². The van der Waals surface area contributed by atoms with Crippen LogP contribution in [0, 0.1) is 13.8 Å². The number of halogens is 1. The molecule has 0 fully saturated rings. The van der Waals surface area contributed by atoms with Crippen LogP contribution < -0.4 is 5.56 Å². The van der Waals surface area contributed by atoms with E-state index in [9.17, 15) is 4.79 Å². The maximum absolute atomic E-state index is 12.1. The third-order valence-electron chi connectivity index (χ3n) is 3.57. The van der Waals surface area contributed by atoms with Gasteiger partial charge in [-0.2, -0.15) is 0 Å². The minimum absolute atomic E-state index is 0.0292. The van der Waals surface area contributed by atoms with Crippen LogP contribution in [0.5, 0.6) is 0 Å². The van der Waals surface area contributed by atoms with Gasteiger partial charge in [-0.15, -0.1) is 0 Å². The van der Waals surface area contributed by atoms with E-state index >= 15 is 0 Å². The molecular weight excluding hydrogens is 344 g/mol. The molecule has 0 bridgehead atoms. The summed E-state index contributed by atoms with van der Waals surface area (Å²) in [7, 11) is 0. The van der Waals surface area contributed by atoms with Gasteiger partial charge in [-0.3, -0.25) is 4.79 Å². The lowest BCUT2D eigenvalue weighted by molar-refractivity contribution is 0.393. The predicted octanol–water partition coefficient (Wildman–Crippen LogP) is 3.93. The van der Waals surface area contributed by atoms with Gasteiger partial charge in [0, 0.05) is 27.9 Å². The minimum atomic E-state index is -0.0292. The highest BCUT2D eigenvalue weighted by atomic mass is 79.9. The van der Waals surface area contributed by atoms with E-state index in [4.69, 9.17) is 4.52 Å². The maximum atomic E-state index is 12.1. The first-order valence-corrected chi connectivity index (χ1v) is 7.72. The van der Waals surface area contributed by atoms with Crippen LogP contribution in [0.2, 0.25) is 0 Å². The smallest absolute Gasteiger partial charge is 0.250 e. The molecule has 0 saturated carbocycles. The van der Waals surface area contributed by atoms with Crippen LogP contribution in [-0.2, 0) is 6.54 Å². The van der Waals surface area contributed by atoms with Crippen molar-refractivity contribution in [2.45, 2.75) is 20.4 Å². The van der Waals surface area contributed by atoms with Crippen LogP contribution in [0.4, 0.5) is 0 Å². The van der Waals surface area contributed by atoms with E-state index in [1.807, 2.05) is 50.4 Å². The molecule has 0 aliphatic carbocycles. The SMILES string of the molecule is Cc1noc(C)c1-c1ccc(=O)n(Cc2ccc(Br)cc2)c1. The normalized spacial score (nSPS) is 10.9. The highest BCUT2D eigenvalue weighted by molar-refractivity contribution is 9.10. The van der Waals surface area contributed by atoms with Crippen molar-refractivity contribution < 1.29 is 4.52 Å². The highest BCUT2D eigenvalue weighted by Gasteiger charge is 2.12. The Bertz CT molecular complexity index is 844. The number of hydrogen-bond donors (Lipinski definition) is 0. The summed E-state index contributed by atoms with van der Waals surface area (Å²) in [4.78, 5) is 12.1. The lowest BCUT2D eigenvalue weighted by Gasteiger charge is -2.08. The molecule has 5 heteroatoms. The zero-order valence-corrected chi connectivity index (χ0v) is 13.9. The van der Waals surface area contributed by atoms with Gasteiger partial charge in [0.1, 0.15) is 5.76 Å². The maximum Gasteiger partial charge on any atom is 0.250 e. The van der Waals surface area contributed by atoms with Crippen molar-refractivity contribution in [3.8, 4) is 11.1 Å². The molecule has 0 unspecified atom stereocenters. The average molecular weight is 359 g/mol. The largest absolute Gasteiger partial charge is 0.361 e. The molecule has 0 amide bonds. The second kappa shape index (κ2) is 5.93. The van der Waals surface area contributed by atoms with Crippen LogP contribution in [0.25, 0.3) is 11.1 Å². The molecule has 2 heterocycles. The molecule has 2 aromatic heterocycles. The lowest BCUT2D eigenvalue weighted by atomic mass is 10.1. The number of nitrogens with zero attached hydrogens (tertiary/aromatic N) is 2. The van der Waals surface area contributed by atoms with E-state index in [0.717, 1.165) is 32.6 Å². The minimum Gasteiger partial charge on any atom is -0.361 e. The highest BCUT2D eigenvalue weighted by Crippen LogP contribution is 2.25. The summed E-state index contributed by atoms with van der Waals surface area (Å²) in [6.45, 7) is 4.30. The molecule has 0 atom stereocenters. The number of rotatable bonds is 3. The Morgan fingerprint density at radius 3 is 2.50 bits per heavy atom. The van der Waals surface area contributed by atoms with Crippen molar-refractivity contribution >= 4 is 15.9 Å². The average Bonchev–Trinajstić information content (AvgIpc) is 2.83. The van der Waals surface area contributed by atoms with E-state index in [2.05, 4.69) is 21.1 Å². The number of aromatic nitrogens is 2. The van der Waals surface area contributed by atoms with Gasteiger partial charge in [0.2, 0.25) is 0 Å². The van der Waals surface area contributed by atoms with Crippen molar-refractivity contribution in [3.05, 3.63) is 74.4 Å². The molecule has 0 aliphatic rings. The fourth-order valence-corrected chi connectivity index (χ4v) is 2.75. The molecule has 4 nitrogen and oxygen atoms in total. The second-order valence-electron chi connectivity index (χ2n) is 5.21. The summed E-state index contributed by atoms with van der Waals surface area (Å²) in [5.41, 5.74) is 3.75. The van der Waals surface area contributed by atoms with E-state index in [1.54, 1.807) is 10.6 Å². The summed E-state index contributed by atoms with van der Waals surface area (Å²) in [6.07, 6.45) is 1.86. The van der Waals surface area contributed by atoms with Gasteiger partial charge < -0.3 is 9.09 Å². The van der Waals surface area contributed by atoms with Gasteiger partial charge in [0.25, 0.3) is 5.56 Å². The van der Waals surface area contributed by atoms with E-state index in [1.165, 1.54) is 0 Å². The Hall–Kier alpha value is -2.14. The van der Waals surface area contributed by atoms with Crippen molar-refractivity contribution in [2.75, 3.05) is 0 Å². The van der Waals surface area contributed by atoms with Crippen LogP contribution in [0.1, 0.15) is 17.0 Å². The summed E-state index contributed by atoms with van der Waals surface area (Å²) in [5, 5.41) is 3.97. The van der Waals surface area contributed by atoms with Gasteiger partial charge in [-0.1, -0.05) is 33.2 Å². The van der Waals surface area contributed by atoms with Crippen molar-refractivity contribution in [3.63, 3.8) is 0 Å². The zero-order chi connectivity index (χ0) is 15.7. The van der Waals surface area contributed by atoms with E-state index < -0.39 is 0 Å².